The van der Waals surface area contributed by atoms with Crippen LogP contribution in [0.1, 0.15) is 45.6 Å². The van der Waals surface area contributed by atoms with E-state index >= 15 is 0 Å². The summed E-state index contributed by atoms with van der Waals surface area (Å²) >= 11 is 0. The van der Waals surface area contributed by atoms with E-state index in [2.05, 4.69) is 25.8 Å². The number of hydrogen-bond acceptors (Lipinski definition) is 6. The number of amides is 2. The molecule has 3 aromatic rings. The first-order valence-corrected chi connectivity index (χ1v) is 9.56. The highest BCUT2D eigenvalue weighted by molar-refractivity contribution is 6.12. The minimum absolute atomic E-state index is 0.151. The Balaban J connectivity index is 1.48. The monoisotopic (exact) mass is 394 g/mol. The molecule has 29 heavy (non-hydrogen) atoms. The molecule has 0 saturated heterocycles. The maximum atomic E-state index is 13.1. The van der Waals surface area contributed by atoms with Gasteiger partial charge in [-0.15, -0.1) is 0 Å². The molecule has 0 saturated carbocycles. The van der Waals surface area contributed by atoms with E-state index in [0.717, 1.165) is 30.8 Å². The minimum atomic E-state index is -0.434. The minimum Gasteiger partial charge on any atom is -0.339 e. The van der Waals surface area contributed by atoms with Crippen molar-refractivity contribution in [3.05, 3.63) is 58.6 Å². The lowest BCUT2D eigenvalue weighted by Crippen LogP contribution is -2.31. The molecule has 9 nitrogen and oxygen atoms in total. The summed E-state index contributed by atoms with van der Waals surface area (Å²) in [4.78, 5) is 34.0. The van der Waals surface area contributed by atoms with Crippen molar-refractivity contribution >= 4 is 17.6 Å². The molecule has 0 spiro atoms. The highest BCUT2D eigenvalue weighted by atomic mass is 16.5. The second-order valence-corrected chi connectivity index (χ2v) is 7.04. The fourth-order valence-corrected chi connectivity index (χ4v) is 3.36. The number of ketones is 1. The maximum absolute atomic E-state index is 13.1. The molecule has 0 atom stereocenters. The van der Waals surface area contributed by atoms with Gasteiger partial charge < -0.3 is 14.4 Å². The van der Waals surface area contributed by atoms with Gasteiger partial charge in [0.1, 0.15) is 11.5 Å². The zero-order valence-corrected chi connectivity index (χ0v) is 16.4. The number of rotatable bonds is 6. The molecule has 2 aromatic heterocycles. The predicted octanol–water partition coefficient (Wildman–Crippen LogP) is 2.42. The van der Waals surface area contributed by atoms with Crippen LogP contribution in [0, 0.1) is 13.8 Å². The molecule has 9 heteroatoms. The average Bonchev–Trinajstić information content (AvgIpc) is 3.38. The van der Waals surface area contributed by atoms with Gasteiger partial charge in [-0.1, -0.05) is 35.0 Å². The van der Waals surface area contributed by atoms with E-state index in [4.69, 9.17) is 4.52 Å². The molecule has 0 fully saturated rings. The Morgan fingerprint density at radius 3 is 2.69 bits per heavy atom. The summed E-state index contributed by atoms with van der Waals surface area (Å²) in [7, 11) is 0. The van der Waals surface area contributed by atoms with E-state index in [-0.39, 0.29) is 11.6 Å². The Kier molecular flexibility index (Phi) is 5.11. The first-order valence-electron chi connectivity index (χ1n) is 9.56. The van der Waals surface area contributed by atoms with Crippen LogP contribution >= 0.6 is 0 Å². The summed E-state index contributed by atoms with van der Waals surface area (Å²) in [6.07, 6.45) is 2.14. The van der Waals surface area contributed by atoms with Gasteiger partial charge in [-0.05, 0) is 20.3 Å². The number of anilines is 1. The third-order valence-corrected chi connectivity index (χ3v) is 4.78. The van der Waals surface area contributed by atoms with Gasteiger partial charge in [-0.2, -0.15) is 4.98 Å². The van der Waals surface area contributed by atoms with Crippen LogP contribution in [0.2, 0.25) is 0 Å². The van der Waals surface area contributed by atoms with E-state index in [1.165, 1.54) is 0 Å². The first-order chi connectivity index (χ1) is 14.0. The second-order valence-electron chi connectivity index (χ2n) is 7.04. The van der Waals surface area contributed by atoms with Gasteiger partial charge in [-0.25, -0.2) is 9.78 Å². The quantitative estimate of drug-likeness (QED) is 0.621. The standard InChI is InChI=1S/C20H22N6O3/c1-12-5-7-14(8-6-12)18(27)17-19(23-15-4-3-11-26(15)17)24-20(28)21-10-9-16-22-13(2)25-29-16/h5-8H,3-4,9-11H2,1-2H3,(H2,21,24,28). The molecular weight excluding hydrogens is 372 g/mol. The molecule has 1 aliphatic heterocycles. The van der Waals surface area contributed by atoms with E-state index in [9.17, 15) is 9.59 Å². The van der Waals surface area contributed by atoms with Crippen molar-refractivity contribution in [3.63, 3.8) is 0 Å². The van der Waals surface area contributed by atoms with Gasteiger partial charge in [0, 0.05) is 31.5 Å². The second kappa shape index (κ2) is 7.86. The molecule has 1 aliphatic rings. The van der Waals surface area contributed by atoms with Crippen molar-refractivity contribution in [1.82, 2.24) is 25.0 Å². The Morgan fingerprint density at radius 2 is 1.97 bits per heavy atom. The van der Waals surface area contributed by atoms with Crippen LogP contribution in [-0.2, 0) is 19.4 Å². The molecule has 2 N–H and O–H groups in total. The van der Waals surface area contributed by atoms with Crippen molar-refractivity contribution in [3.8, 4) is 0 Å². The van der Waals surface area contributed by atoms with Gasteiger partial charge in [0.25, 0.3) is 0 Å². The predicted molar refractivity (Wildman–Crippen MR) is 105 cm³/mol. The van der Waals surface area contributed by atoms with Crippen molar-refractivity contribution in [2.24, 2.45) is 0 Å². The largest absolute Gasteiger partial charge is 0.339 e. The van der Waals surface area contributed by atoms with Gasteiger partial charge in [-0.3, -0.25) is 10.1 Å². The molecule has 2 amide bonds. The van der Waals surface area contributed by atoms with E-state index in [0.29, 0.717) is 35.9 Å². The molecule has 0 radical (unpaired) electrons. The molecule has 3 heterocycles. The Labute approximate surface area is 167 Å². The van der Waals surface area contributed by atoms with Crippen molar-refractivity contribution in [2.45, 2.75) is 39.7 Å². The van der Waals surface area contributed by atoms with Crippen LogP contribution in [0.4, 0.5) is 10.6 Å². The maximum Gasteiger partial charge on any atom is 0.320 e. The summed E-state index contributed by atoms with van der Waals surface area (Å²) < 4.78 is 6.92. The van der Waals surface area contributed by atoms with Gasteiger partial charge in [0.2, 0.25) is 11.7 Å². The number of carbonyl (C=O) groups is 2. The molecule has 1 aromatic carbocycles. The number of hydrogen-bond donors (Lipinski definition) is 2. The van der Waals surface area contributed by atoms with Crippen LogP contribution < -0.4 is 10.6 Å². The van der Waals surface area contributed by atoms with E-state index in [1.807, 2.05) is 23.6 Å². The Morgan fingerprint density at radius 1 is 1.17 bits per heavy atom. The summed E-state index contributed by atoms with van der Waals surface area (Å²) in [5, 5.41) is 9.16. The first kappa shape index (κ1) is 18.9. The topological polar surface area (TPSA) is 115 Å². The average molecular weight is 394 g/mol. The van der Waals surface area contributed by atoms with E-state index < -0.39 is 6.03 Å². The highest BCUT2D eigenvalue weighted by Crippen LogP contribution is 2.26. The summed E-state index contributed by atoms with van der Waals surface area (Å²) in [5.74, 6) is 1.96. The SMILES string of the molecule is Cc1ccc(C(=O)c2c(NC(=O)NCCc3nc(C)no3)nc3n2CCC3)cc1. The van der Waals surface area contributed by atoms with Crippen LogP contribution in [-0.4, -0.2) is 38.1 Å². The lowest BCUT2D eigenvalue weighted by Gasteiger charge is -2.09. The van der Waals surface area contributed by atoms with Crippen LogP contribution in [0.25, 0.3) is 0 Å². The molecule has 4 rings (SSSR count). The zero-order valence-electron chi connectivity index (χ0n) is 16.4. The normalized spacial score (nSPS) is 12.6. The van der Waals surface area contributed by atoms with Crippen molar-refractivity contribution in [1.29, 1.82) is 0 Å². The molecule has 0 bridgehead atoms. The van der Waals surface area contributed by atoms with Crippen LogP contribution in [0.15, 0.2) is 28.8 Å². The lowest BCUT2D eigenvalue weighted by atomic mass is 10.1. The Bertz CT molecular complexity index is 1050. The van der Waals surface area contributed by atoms with Crippen LogP contribution in [0.5, 0.6) is 0 Å². The summed E-state index contributed by atoms with van der Waals surface area (Å²) in [5.41, 5.74) is 2.07. The summed E-state index contributed by atoms with van der Waals surface area (Å²) in [6, 6.07) is 6.95. The number of carbonyl (C=O) groups excluding carboxylic acids is 2. The van der Waals surface area contributed by atoms with E-state index in [1.54, 1.807) is 19.1 Å². The number of fused-ring (bicyclic) bond motifs is 1. The molecule has 0 unspecified atom stereocenters. The number of aromatic nitrogens is 4. The number of imidazole rings is 1. The van der Waals surface area contributed by atoms with Crippen molar-refractivity contribution in [2.75, 3.05) is 11.9 Å². The molecule has 150 valence electrons. The third-order valence-electron chi connectivity index (χ3n) is 4.78. The molecule has 0 aliphatic carbocycles. The van der Waals surface area contributed by atoms with Gasteiger partial charge >= 0.3 is 6.03 Å². The van der Waals surface area contributed by atoms with Gasteiger partial charge in [0.05, 0.1) is 0 Å². The number of aryl methyl sites for hydroxylation is 3. The summed E-state index contributed by atoms with van der Waals surface area (Å²) in [6.45, 7) is 4.74. The number of urea groups is 1. The molecular formula is C20H22N6O3. The van der Waals surface area contributed by atoms with Crippen molar-refractivity contribution < 1.29 is 14.1 Å². The lowest BCUT2D eigenvalue weighted by molar-refractivity contribution is 0.103. The number of nitrogens with one attached hydrogen (secondary N) is 2. The number of nitrogens with zero attached hydrogens (tertiary/aromatic N) is 4. The smallest absolute Gasteiger partial charge is 0.320 e. The fraction of sp³-hybridized carbons (Fsp3) is 0.350. The third kappa shape index (κ3) is 4.03. The number of benzene rings is 1. The zero-order chi connectivity index (χ0) is 20.4. The Hall–Kier alpha value is -3.49. The highest BCUT2D eigenvalue weighted by Gasteiger charge is 2.27. The fourth-order valence-electron chi connectivity index (χ4n) is 3.36. The van der Waals surface area contributed by atoms with Crippen LogP contribution in [0.3, 0.4) is 0 Å². The van der Waals surface area contributed by atoms with Gasteiger partial charge in [0.15, 0.2) is 11.6 Å².